The van der Waals surface area contributed by atoms with E-state index in [4.69, 9.17) is 4.74 Å². The molecule has 1 unspecified atom stereocenters. The molecule has 0 bridgehead atoms. The molecule has 3 amide bonds. The van der Waals surface area contributed by atoms with Crippen molar-refractivity contribution >= 4 is 17.7 Å². The van der Waals surface area contributed by atoms with E-state index in [1.807, 2.05) is 25.1 Å². The van der Waals surface area contributed by atoms with Crippen molar-refractivity contribution in [3.8, 4) is 5.75 Å². The van der Waals surface area contributed by atoms with E-state index < -0.39 is 0 Å². The molecule has 1 atom stereocenters. The smallest absolute Gasteiger partial charge is 0.261 e. The summed E-state index contributed by atoms with van der Waals surface area (Å²) in [6.07, 6.45) is 1.41. The number of rotatable bonds is 5. The van der Waals surface area contributed by atoms with Crippen molar-refractivity contribution in [1.29, 1.82) is 0 Å². The minimum absolute atomic E-state index is 0.0737. The molecule has 0 spiro atoms. The molecule has 0 radical (unpaired) electrons. The number of carbonyl (C=O) groups is 3. The van der Waals surface area contributed by atoms with Crippen LogP contribution in [-0.2, 0) is 4.79 Å². The molecule has 2 aromatic rings. The summed E-state index contributed by atoms with van der Waals surface area (Å²) in [5, 5.41) is 3.06. The first-order valence-corrected chi connectivity index (χ1v) is 9.52. The Kier molecular flexibility index (Phi) is 4.86. The molecule has 2 heterocycles. The highest BCUT2D eigenvalue weighted by atomic mass is 16.5. The second-order valence-electron chi connectivity index (χ2n) is 7.21. The van der Waals surface area contributed by atoms with Crippen LogP contribution in [0.3, 0.4) is 0 Å². The first-order chi connectivity index (χ1) is 13.5. The van der Waals surface area contributed by atoms with Crippen molar-refractivity contribution in [2.24, 2.45) is 0 Å². The van der Waals surface area contributed by atoms with Gasteiger partial charge in [-0.1, -0.05) is 29.8 Å². The summed E-state index contributed by atoms with van der Waals surface area (Å²) in [7, 11) is 0. The van der Waals surface area contributed by atoms with Gasteiger partial charge in [-0.15, -0.1) is 0 Å². The fraction of sp³-hybridized carbons (Fsp3) is 0.318. The van der Waals surface area contributed by atoms with E-state index in [1.165, 1.54) is 4.90 Å². The second kappa shape index (κ2) is 7.46. The van der Waals surface area contributed by atoms with E-state index in [2.05, 4.69) is 5.32 Å². The van der Waals surface area contributed by atoms with Gasteiger partial charge in [-0.2, -0.15) is 0 Å². The lowest BCUT2D eigenvalue weighted by atomic mass is 9.98. The molecule has 6 nitrogen and oxygen atoms in total. The maximum absolute atomic E-state index is 12.4. The van der Waals surface area contributed by atoms with Crippen LogP contribution in [0.25, 0.3) is 0 Å². The molecule has 0 aliphatic carbocycles. The first-order valence-electron chi connectivity index (χ1n) is 9.52. The van der Waals surface area contributed by atoms with Gasteiger partial charge in [0.25, 0.3) is 11.8 Å². The summed E-state index contributed by atoms with van der Waals surface area (Å²) in [6.45, 7) is 2.81. The summed E-state index contributed by atoms with van der Waals surface area (Å²) in [6, 6.07) is 12.7. The quantitative estimate of drug-likeness (QED) is 0.812. The lowest BCUT2D eigenvalue weighted by Crippen LogP contribution is -2.34. The van der Waals surface area contributed by atoms with Crippen molar-refractivity contribution in [2.45, 2.75) is 32.2 Å². The summed E-state index contributed by atoms with van der Waals surface area (Å²) in [5.41, 5.74) is 2.99. The fourth-order valence-electron chi connectivity index (χ4n) is 3.77. The Bertz CT molecular complexity index is 918. The zero-order chi connectivity index (χ0) is 19.7. The van der Waals surface area contributed by atoms with Gasteiger partial charge in [0.15, 0.2) is 0 Å². The van der Waals surface area contributed by atoms with Crippen molar-refractivity contribution in [1.82, 2.24) is 10.2 Å². The van der Waals surface area contributed by atoms with E-state index in [0.717, 1.165) is 23.3 Å². The van der Waals surface area contributed by atoms with Crippen molar-refractivity contribution in [2.75, 3.05) is 13.2 Å². The van der Waals surface area contributed by atoms with Gasteiger partial charge in [0.1, 0.15) is 5.75 Å². The number of benzene rings is 2. The Morgan fingerprint density at radius 1 is 1.14 bits per heavy atom. The molecule has 2 aliphatic rings. The van der Waals surface area contributed by atoms with Gasteiger partial charge in [-0.05, 0) is 31.5 Å². The number of carbonyl (C=O) groups excluding carboxylic acids is 3. The lowest BCUT2D eigenvalue weighted by molar-refractivity contribution is -0.122. The lowest BCUT2D eigenvalue weighted by Gasteiger charge is -2.27. The largest absolute Gasteiger partial charge is 0.493 e. The molecule has 0 saturated heterocycles. The SMILES string of the molecule is Cc1ccc2c(c1)C(NC(=O)CCCN1C(=O)c3ccccc3C1=O)CCO2. The minimum Gasteiger partial charge on any atom is -0.493 e. The third kappa shape index (κ3) is 3.38. The first kappa shape index (κ1) is 18.2. The maximum Gasteiger partial charge on any atom is 0.261 e. The van der Waals surface area contributed by atoms with Crippen LogP contribution >= 0.6 is 0 Å². The average Bonchev–Trinajstić information content (AvgIpc) is 2.94. The van der Waals surface area contributed by atoms with Gasteiger partial charge in [-0.25, -0.2) is 0 Å². The number of imide groups is 1. The van der Waals surface area contributed by atoms with Crippen LogP contribution in [0.5, 0.6) is 5.75 Å². The number of amides is 3. The molecule has 4 rings (SSSR count). The predicted molar refractivity (Wildman–Crippen MR) is 103 cm³/mol. The number of hydrogen-bond donors (Lipinski definition) is 1. The van der Waals surface area contributed by atoms with Crippen LogP contribution in [0.1, 0.15) is 57.1 Å². The Balaban J connectivity index is 1.33. The molecular weight excluding hydrogens is 356 g/mol. The molecule has 0 fully saturated rings. The summed E-state index contributed by atoms with van der Waals surface area (Å²) in [5.74, 6) is 0.161. The highest BCUT2D eigenvalue weighted by Crippen LogP contribution is 2.32. The Labute approximate surface area is 163 Å². The number of nitrogens with zero attached hydrogens (tertiary/aromatic N) is 1. The molecule has 0 saturated carbocycles. The summed E-state index contributed by atoms with van der Waals surface area (Å²) >= 11 is 0. The molecule has 1 N–H and O–H groups in total. The van der Waals surface area contributed by atoms with Crippen molar-refractivity contribution in [3.05, 3.63) is 64.7 Å². The Hall–Kier alpha value is -3.15. The van der Waals surface area contributed by atoms with Crippen LogP contribution in [0, 0.1) is 6.92 Å². The summed E-state index contributed by atoms with van der Waals surface area (Å²) < 4.78 is 5.66. The van der Waals surface area contributed by atoms with E-state index >= 15 is 0 Å². The highest BCUT2D eigenvalue weighted by molar-refractivity contribution is 6.21. The van der Waals surface area contributed by atoms with Crippen LogP contribution in [0.2, 0.25) is 0 Å². The molecule has 0 aromatic heterocycles. The zero-order valence-electron chi connectivity index (χ0n) is 15.7. The van der Waals surface area contributed by atoms with Crippen LogP contribution in [0.15, 0.2) is 42.5 Å². The topological polar surface area (TPSA) is 75.7 Å². The number of nitrogens with one attached hydrogen (secondary N) is 1. The van der Waals surface area contributed by atoms with E-state index in [0.29, 0.717) is 24.2 Å². The van der Waals surface area contributed by atoms with Gasteiger partial charge >= 0.3 is 0 Å². The number of ether oxygens (including phenoxy) is 1. The van der Waals surface area contributed by atoms with Crippen LogP contribution in [-0.4, -0.2) is 35.8 Å². The summed E-state index contributed by atoms with van der Waals surface area (Å²) in [4.78, 5) is 38.4. The van der Waals surface area contributed by atoms with Crippen LogP contribution < -0.4 is 10.1 Å². The monoisotopic (exact) mass is 378 g/mol. The van der Waals surface area contributed by atoms with Gasteiger partial charge in [0.05, 0.1) is 23.8 Å². The number of fused-ring (bicyclic) bond motifs is 2. The second-order valence-corrected chi connectivity index (χ2v) is 7.21. The molecule has 6 heteroatoms. The van der Waals surface area contributed by atoms with Gasteiger partial charge in [0, 0.05) is 24.9 Å². The molecule has 28 heavy (non-hydrogen) atoms. The van der Waals surface area contributed by atoms with Gasteiger partial charge < -0.3 is 10.1 Å². The average molecular weight is 378 g/mol. The fourth-order valence-corrected chi connectivity index (χ4v) is 3.77. The number of aryl methyl sites for hydroxylation is 1. The third-order valence-corrected chi connectivity index (χ3v) is 5.20. The molecule has 2 aliphatic heterocycles. The van der Waals surface area contributed by atoms with Gasteiger partial charge in [-0.3, -0.25) is 19.3 Å². The third-order valence-electron chi connectivity index (χ3n) is 5.20. The minimum atomic E-state index is -0.283. The molecule has 144 valence electrons. The standard InChI is InChI=1S/C22H22N2O4/c1-14-8-9-19-17(13-14)18(10-12-28-19)23-20(25)7-4-11-24-21(26)15-5-2-3-6-16(15)22(24)27/h2-3,5-6,8-9,13,18H,4,7,10-12H2,1H3,(H,23,25). The van der Waals surface area contributed by atoms with Crippen LogP contribution in [0.4, 0.5) is 0 Å². The normalized spacial score (nSPS) is 17.8. The molecular formula is C22H22N2O4. The Morgan fingerprint density at radius 3 is 2.57 bits per heavy atom. The van der Waals surface area contributed by atoms with E-state index in [1.54, 1.807) is 24.3 Å². The van der Waals surface area contributed by atoms with Crippen molar-refractivity contribution in [3.63, 3.8) is 0 Å². The zero-order valence-corrected chi connectivity index (χ0v) is 15.7. The maximum atomic E-state index is 12.4. The van der Waals surface area contributed by atoms with Gasteiger partial charge in [0.2, 0.25) is 5.91 Å². The Morgan fingerprint density at radius 2 is 1.86 bits per heavy atom. The molecule has 2 aromatic carbocycles. The van der Waals surface area contributed by atoms with E-state index in [9.17, 15) is 14.4 Å². The van der Waals surface area contributed by atoms with Crippen molar-refractivity contribution < 1.29 is 19.1 Å². The highest BCUT2D eigenvalue weighted by Gasteiger charge is 2.34. The van der Waals surface area contributed by atoms with E-state index in [-0.39, 0.29) is 36.7 Å². The predicted octanol–water partition coefficient (Wildman–Crippen LogP) is 3.01. The number of hydrogen-bond acceptors (Lipinski definition) is 4.